The van der Waals surface area contributed by atoms with Gasteiger partial charge in [0.25, 0.3) is 11.6 Å². The summed E-state index contributed by atoms with van der Waals surface area (Å²) in [6.07, 6.45) is 5.12. The van der Waals surface area contributed by atoms with Gasteiger partial charge in [-0.15, -0.1) is 6.42 Å². The normalized spacial score (nSPS) is 11.4. The Morgan fingerprint density at radius 3 is 2.82 bits per heavy atom. The number of rotatable bonds is 3. The highest BCUT2D eigenvalue weighted by Crippen LogP contribution is 2.25. The van der Waals surface area contributed by atoms with Gasteiger partial charge in [-0.3, -0.25) is 14.9 Å². The van der Waals surface area contributed by atoms with Crippen molar-refractivity contribution in [1.29, 1.82) is 0 Å². The van der Waals surface area contributed by atoms with Crippen LogP contribution in [0.15, 0.2) is 22.7 Å². The minimum atomic E-state index is -0.564. The van der Waals surface area contributed by atoms with Gasteiger partial charge in [0.05, 0.1) is 15.4 Å². The summed E-state index contributed by atoms with van der Waals surface area (Å²) in [5, 5.41) is 13.2. The molecular weight excluding hydrogens is 288 g/mol. The van der Waals surface area contributed by atoms with E-state index < -0.39 is 16.9 Å². The number of hydrogen-bond acceptors (Lipinski definition) is 3. The first-order chi connectivity index (χ1) is 7.95. The van der Waals surface area contributed by atoms with Gasteiger partial charge in [0, 0.05) is 11.6 Å². The molecule has 1 aromatic carbocycles. The van der Waals surface area contributed by atoms with Crippen molar-refractivity contribution in [3.63, 3.8) is 0 Å². The molecular formula is C11H9BrN2O3. The summed E-state index contributed by atoms with van der Waals surface area (Å²) in [5.74, 6) is 1.90. The number of halogens is 1. The summed E-state index contributed by atoms with van der Waals surface area (Å²) in [7, 11) is 0. The number of benzene rings is 1. The summed E-state index contributed by atoms with van der Waals surface area (Å²) >= 11 is 3.04. The molecule has 1 atom stereocenters. The third-order valence-corrected chi connectivity index (χ3v) is 2.67. The summed E-state index contributed by atoms with van der Waals surface area (Å²) in [6, 6.07) is 3.71. The van der Waals surface area contributed by atoms with Gasteiger partial charge in [0.1, 0.15) is 0 Å². The number of hydrogen-bond donors (Lipinski definition) is 1. The Hall–Kier alpha value is -1.87. The van der Waals surface area contributed by atoms with E-state index >= 15 is 0 Å². The molecule has 0 aliphatic heterocycles. The molecule has 0 saturated carbocycles. The standard InChI is InChI=1S/C11H9BrN2O3/c1-3-7(2)13-11(15)8-4-5-9(12)10(6-8)14(16)17/h1,4-7H,2H3,(H,13,15). The Kier molecular flexibility index (Phi) is 4.24. The van der Waals surface area contributed by atoms with Crippen LogP contribution in [0.2, 0.25) is 0 Å². The van der Waals surface area contributed by atoms with Gasteiger partial charge in [-0.05, 0) is 35.0 Å². The van der Waals surface area contributed by atoms with Gasteiger partial charge in [0.15, 0.2) is 0 Å². The van der Waals surface area contributed by atoms with Crippen molar-refractivity contribution in [2.24, 2.45) is 0 Å². The van der Waals surface area contributed by atoms with Crippen LogP contribution in [0.3, 0.4) is 0 Å². The highest BCUT2D eigenvalue weighted by atomic mass is 79.9. The molecule has 1 aromatic rings. The molecule has 0 aromatic heterocycles. The molecule has 0 saturated heterocycles. The van der Waals surface area contributed by atoms with E-state index in [9.17, 15) is 14.9 Å². The second-order valence-electron chi connectivity index (χ2n) is 3.29. The molecule has 1 N–H and O–H groups in total. The second-order valence-corrected chi connectivity index (χ2v) is 4.14. The molecule has 17 heavy (non-hydrogen) atoms. The molecule has 6 heteroatoms. The van der Waals surface area contributed by atoms with E-state index in [1.54, 1.807) is 6.92 Å². The van der Waals surface area contributed by atoms with Crippen molar-refractivity contribution >= 4 is 27.5 Å². The third kappa shape index (κ3) is 3.29. The molecule has 1 amide bonds. The van der Waals surface area contributed by atoms with Crippen molar-refractivity contribution < 1.29 is 9.72 Å². The first-order valence-corrected chi connectivity index (χ1v) is 5.46. The monoisotopic (exact) mass is 296 g/mol. The molecule has 1 rings (SSSR count). The van der Waals surface area contributed by atoms with Crippen LogP contribution in [0.25, 0.3) is 0 Å². The lowest BCUT2D eigenvalue weighted by Gasteiger charge is -2.07. The minimum Gasteiger partial charge on any atom is -0.339 e. The van der Waals surface area contributed by atoms with Crippen LogP contribution in [0.1, 0.15) is 17.3 Å². The minimum absolute atomic E-state index is 0.161. The molecule has 0 radical (unpaired) electrons. The summed E-state index contributed by atoms with van der Waals surface area (Å²) in [6.45, 7) is 1.64. The quantitative estimate of drug-likeness (QED) is 0.527. The van der Waals surface area contributed by atoms with Crippen molar-refractivity contribution in [1.82, 2.24) is 5.32 Å². The lowest BCUT2D eigenvalue weighted by molar-refractivity contribution is -0.385. The molecule has 5 nitrogen and oxygen atoms in total. The molecule has 1 unspecified atom stereocenters. The predicted molar refractivity (Wildman–Crippen MR) is 66.6 cm³/mol. The number of nitrogens with zero attached hydrogens (tertiary/aromatic N) is 1. The average molecular weight is 297 g/mol. The average Bonchev–Trinajstić information content (AvgIpc) is 2.28. The molecule has 0 aliphatic rings. The van der Waals surface area contributed by atoms with Gasteiger partial charge in [0.2, 0.25) is 0 Å². The molecule has 0 aliphatic carbocycles. The number of nitrogens with one attached hydrogen (secondary N) is 1. The van der Waals surface area contributed by atoms with Crippen LogP contribution < -0.4 is 5.32 Å². The van der Waals surface area contributed by atoms with Gasteiger partial charge >= 0.3 is 0 Å². The Morgan fingerprint density at radius 1 is 1.65 bits per heavy atom. The zero-order valence-electron chi connectivity index (χ0n) is 8.94. The highest BCUT2D eigenvalue weighted by molar-refractivity contribution is 9.10. The number of carbonyl (C=O) groups is 1. The van der Waals surface area contributed by atoms with Crippen molar-refractivity contribution in [3.8, 4) is 12.3 Å². The fourth-order valence-electron chi connectivity index (χ4n) is 1.12. The zero-order valence-corrected chi connectivity index (χ0v) is 10.5. The summed E-state index contributed by atoms with van der Waals surface area (Å²) in [5.41, 5.74) is 0.0352. The van der Waals surface area contributed by atoms with Crippen LogP contribution in [0.5, 0.6) is 0 Å². The predicted octanol–water partition coefficient (Wildman–Crippen LogP) is 2.11. The van der Waals surface area contributed by atoms with E-state index in [4.69, 9.17) is 6.42 Å². The van der Waals surface area contributed by atoms with Crippen LogP contribution in [0, 0.1) is 22.5 Å². The molecule has 88 valence electrons. The van der Waals surface area contributed by atoms with Gasteiger partial charge in [-0.1, -0.05) is 5.92 Å². The van der Waals surface area contributed by atoms with Crippen LogP contribution >= 0.6 is 15.9 Å². The Balaban J connectivity index is 3.01. The molecule has 0 spiro atoms. The Morgan fingerprint density at radius 2 is 2.29 bits per heavy atom. The smallest absolute Gasteiger partial charge is 0.284 e. The van der Waals surface area contributed by atoms with E-state index in [1.165, 1.54) is 18.2 Å². The van der Waals surface area contributed by atoms with E-state index in [2.05, 4.69) is 27.2 Å². The Labute approximate surface area is 106 Å². The van der Waals surface area contributed by atoms with Crippen molar-refractivity contribution in [3.05, 3.63) is 38.3 Å². The van der Waals surface area contributed by atoms with Crippen LogP contribution in [-0.4, -0.2) is 16.9 Å². The van der Waals surface area contributed by atoms with E-state index in [1.807, 2.05) is 0 Å². The highest BCUT2D eigenvalue weighted by Gasteiger charge is 2.16. The molecule has 0 heterocycles. The van der Waals surface area contributed by atoms with Crippen LogP contribution in [-0.2, 0) is 0 Å². The number of amides is 1. The van der Waals surface area contributed by atoms with Gasteiger partial charge in [-0.2, -0.15) is 0 Å². The van der Waals surface area contributed by atoms with E-state index in [-0.39, 0.29) is 11.3 Å². The lowest BCUT2D eigenvalue weighted by atomic mass is 10.2. The maximum Gasteiger partial charge on any atom is 0.284 e. The van der Waals surface area contributed by atoms with Crippen molar-refractivity contribution in [2.75, 3.05) is 0 Å². The van der Waals surface area contributed by atoms with Crippen molar-refractivity contribution in [2.45, 2.75) is 13.0 Å². The Bertz CT molecular complexity index is 508. The van der Waals surface area contributed by atoms with Gasteiger partial charge in [-0.25, -0.2) is 0 Å². The first kappa shape index (κ1) is 13.2. The number of carbonyl (C=O) groups excluding carboxylic acids is 1. The first-order valence-electron chi connectivity index (χ1n) is 4.66. The lowest BCUT2D eigenvalue weighted by Crippen LogP contribution is -2.31. The second kappa shape index (κ2) is 5.46. The SMILES string of the molecule is C#CC(C)NC(=O)c1ccc(Br)c([N+](=O)[O-])c1. The maximum atomic E-state index is 11.7. The molecule has 0 fully saturated rings. The largest absolute Gasteiger partial charge is 0.339 e. The fraction of sp³-hybridized carbons (Fsp3) is 0.182. The maximum absolute atomic E-state index is 11.7. The van der Waals surface area contributed by atoms with Crippen LogP contribution in [0.4, 0.5) is 5.69 Å². The third-order valence-electron chi connectivity index (χ3n) is 2.00. The topological polar surface area (TPSA) is 72.2 Å². The molecule has 0 bridgehead atoms. The van der Waals surface area contributed by atoms with E-state index in [0.717, 1.165) is 0 Å². The van der Waals surface area contributed by atoms with E-state index in [0.29, 0.717) is 4.47 Å². The fourth-order valence-corrected chi connectivity index (χ4v) is 1.51. The summed E-state index contributed by atoms with van der Waals surface area (Å²) < 4.78 is 0.323. The number of nitro groups is 1. The number of nitro benzene ring substituents is 1. The summed E-state index contributed by atoms with van der Waals surface area (Å²) in [4.78, 5) is 21.8. The van der Waals surface area contributed by atoms with Gasteiger partial charge < -0.3 is 5.32 Å². The number of terminal acetylenes is 1. The zero-order chi connectivity index (χ0) is 13.0.